The predicted octanol–water partition coefficient (Wildman–Crippen LogP) is 4.60. The minimum Gasteiger partial charge on any atom is -0.474 e. The summed E-state index contributed by atoms with van der Waals surface area (Å²) in [7, 11) is -4.03. The summed E-state index contributed by atoms with van der Waals surface area (Å²) in [5, 5.41) is 3.34. The van der Waals surface area contributed by atoms with Crippen LogP contribution in [0.4, 0.5) is 8.78 Å². The lowest BCUT2D eigenvalue weighted by molar-refractivity contribution is -0.147. The van der Waals surface area contributed by atoms with E-state index in [4.69, 9.17) is 9.47 Å². The van der Waals surface area contributed by atoms with E-state index in [0.29, 0.717) is 44.3 Å². The molecule has 1 saturated carbocycles. The highest BCUT2D eigenvalue weighted by Crippen LogP contribution is 2.34. The van der Waals surface area contributed by atoms with E-state index >= 15 is 0 Å². The molecule has 0 radical (unpaired) electrons. The van der Waals surface area contributed by atoms with Gasteiger partial charge in [-0.15, -0.1) is 0 Å². The number of hydrogen-bond donors (Lipinski definition) is 1. The van der Waals surface area contributed by atoms with Crippen LogP contribution in [0.5, 0.6) is 5.88 Å². The van der Waals surface area contributed by atoms with Crippen LogP contribution in [0.3, 0.4) is 0 Å². The maximum atomic E-state index is 13.6. The number of sulfonamides is 1. The Labute approximate surface area is 219 Å². The monoisotopic (exact) mass is 545 g/mol. The molecule has 2 fully saturated rings. The van der Waals surface area contributed by atoms with Gasteiger partial charge in [0.2, 0.25) is 21.8 Å². The Hall–Kier alpha value is -1.85. The van der Waals surface area contributed by atoms with Gasteiger partial charge >= 0.3 is 5.97 Å². The molecule has 2 atom stereocenters. The number of ether oxygens (including phenoxy) is 2. The summed E-state index contributed by atoms with van der Waals surface area (Å²) in [6, 6.07) is 2.36. The molecule has 1 aromatic rings. The molecule has 0 bridgehead atoms. The molecule has 11 heteroatoms. The van der Waals surface area contributed by atoms with E-state index in [1.165, 1.54) is 10.4 Å². The van der Waals surface area contributed by atoms with Gasteiger partial charge in [0.25, 0.3) is 0 Å². The van der Waals surface area contributed by atoms with Crippen LogP contribution in [0.15, 0.2) is 17.0 Å². The van der Waals surface area contributed by atoms with Crippen LogP contribution in [0, 0.1) is 6.92 Å². The SMILES string of the molecule is CCCCOC(=O)[C@@H]1CCCN1S(=O)(=O)c1ccc(C)nc1O[C@@H](C)CCCNC1CCC(F)(F)CC1. The van der Waals surface area contributed by atoms with Crippen LogP contribution in [-0.4, -0.2) is 67.5 Å². The van der Waals surface area contributed by atoms with Crippen LogP contribution in [0.25, 0.3) is 0 Å². The molecule has 0 spiro atoms. The van der Waals surface area contributed by atoms with Crippen LogP contribution in [-0.2, 0) is 19.6 Å². The summed E-state index contributed by atoms with van der Waals surface area (Å²) >= 11 is 0. The normalized spacial score (nSPS) is 21.6. The number of rotatable bonds is 13. The van der Waals surface area contributed by atoms with E-state index in [1.54, 1.807) is 13.0 Å². The van der Waals surface area contributed by atoms with Crippen LogP contribution in [0.2, 0.25) is 0 Å². The first-order valence-electron chi connectivity index (χ1n) is 13.5. The number of unbranched alkanes of at least 4 members (excludes halogenated alkanes) is 1. The van der Waals surface area contributed by atoms with Crippen molar-refractivity contribution in [3.63, 3.8) is 0 Å². The summed E-state index contributed by atoms with van der Waals surface area (Å²) in [4.78, 5) is 16.9. The number of esters is 1. The molecule has 3 rings (SSSR count). The van der Waals surface area contributed by atoms with E-state index in [1.807, 2.05) is 13.8 Å². The average Bonchev–Trinajstić information content (AvgIpc) is 3.34. The Bertz CT molecular complexity index is 998. The minimum absolute atomic E-state index is 0.0278. The number of nitrogens with zero attached hydrogens (tertiary/aromatic N) is 2. The average molecular weight is 546 g/mol. The molecule has 210 valence electrons. The predicted molar refractivity (Wildman–Crippen MR) is 136 cm³/mol. The van der Waals surface area contributed by atoms with Gasteiger partial charge in [-0.2, -0.15) is 4.31 Å². The van der Waals surface area contributed by atoms with Gasteiger partial charge in [-0.1, -0.05) is 13.3 Å². The Morgan fingerprint density at radius 3 is 2.68 bits per heavy atom. The van der Waals surface area contributed by atoms with Gasteiger partial charge in [0.15, 0.2) is 0 Å². The fourth-order valence-electron chi connectivity index (χ4n) is 4.79. The topological polar surface area (TPSA) is 97.8 Å². The summed E-state index contributed by atoms with van der Waals surface area (Å²) in [6.07, 6.45) is 4.47. The second kappa shape index (κ2) is 13.3. The summed E-state index contributed by atoms with van der Waals surface area (Å²) in [6.45, 7) is 6.79. The van der Waals surface area contributed by atoms with Crippen LogP contribution >= 0.6 is 0 Å². The van der Waals surface area contributed by atoms with Gasteiger partial charge in [0, 0.05) is 31.1 Å². The Morgan fingerprint density at radius 2 is 1.97 bits per heavy atom. The number of carbonyl (C=O) groups excluding carboxylic acids is 1. The molecule has 0 aromatic carbocycles. The highest BCUT2D eigenvalue weighted by molar-refractivity contribution is 7.89. The van der Waals surface area contributed by atoms with Crippen LogP contribution in [0.1, 0.15) is 83.7 Å². The molecule has 2 heterocycles. The first-order valence-corrected chi connectivity index (χ1v) is 14.9. The molecule has 1 aliphatic heterocycles. The molecule has 1 aliphatic carbocycles. The van der Waals surface area contributed by atoms with Gasteiger partial charge in [-0.05, 0) is 77.5 Å². The van der Waals surface area contributed by atoms with Crippen molar-refractivity contribution >= 4 is 16.0 Å². The third-order valence-corrected chi connectivity index (χ3v) is 8.94. The Balaban J connectivity index is 1.59. The van der Waals surface area contributed by atoms with Crippen molar-refractivity contribution in [2.45, 2.75) is 114 Å². The minimum atomic E-state index is -4.03. The number of pyridine rings is 1. The van der Waals surface area contributed by atoms with Gasteiger partial charge < -0.3 is 14.8 Å². The lowest BCUT2D eigenvalue weighted by Gasteiger charge is -2.29. The second-order valence-electron chi connectivity index (χ2n) is 10.2. The maximum Gasteiger partial charge on any atom is 0.324 e. The highest BCUT2D eigenvalue weighted by atomic mass is 32.2. The smallest absolute Gasteiger partial charge is 0.324 e. The first kappa shape index (κ1) is 29.7. The van der Waals surface area contributed by atoms with Crippen molar-refractivity contribution in [1.29, 1.82) is 0 Å². The number of aryl methyl sites for hydroxylation is 1. The molecule has 8 nitrogen and oxygen atoms in total. The van der Waals surface area contributed by atoms with E-state index in [9.17, 15) is 22.0 Å². The number of nitrogens with one attached hydrogen (secondary N) is 1. The van der Waals surface area contributed by atoms with Gasteiger partial charge in [-0.3, -0.25) is 4.79 Å². The van der Waals surface area contributed by atoms with E-state index in [0.717, 1.165) is 19.3 Å². The molecule has 37 heavy (non-hydrogen) atoms. The van der Waals surface area contributed by atoms with Gasteiger partial charge in [0.05, 0.1) is 12.7 Å². The molecule has 0 amide bonds. The largest absolute Gasteiger partial charge is 0.474 e. The van der Waals surface area contributed by atoms with Crippen molar-refractivity contribution in [3.05, 3.63) is 17.8 Å². The number of aromatic nitrogens is 1. The van der Waals surface area contributed by atoms with Crippen molar-refractivity contribution in [2.75, 3.05) is 19.7 Å². The molecular formula is C26H41F2N3O5S. The third kappa shape index (κ3) is 8.32. The number of carbonyl (C=O) groups is 1. The standard InChI is InChI=1S/C26H41F2N3O5S/c1-4-5-18-35-25(32)22-9-7-17-31(22)37(33,34)23-11-10-19(2)30-24(23)36-20(3)8-6-16-29-21-12-14-26(27,28)15-13-21/h10-11,20-22,29H,4-9,12-18H2,1-3H3/t20-,22-/m0/s1. The Morgan fingerprint density at radius 1 is 1.24 bits per heavy atom. The van der Waals surface area contributed by atoms with E-state index < -0.39 is 28.0 Å². The molecule has 1 saturated heterocycles. The number of halogens is 2. The summed E-state index contributed by atoms with van der Waals surface area (Å²) in [5.74, 6) is -3.02. The lowest BCUT2D eigenvalue weighted by atomic mass is 9.92. The van der Waals surface area contributed by atoms with Crippen molar-refractivity contribution in [3.8, 4) is 5.88 Å². The van der Waals surface area contributed by atoms with Crippen molar-refractivity contribution in [1.82, 2.24) is 14.6 Å². The van der Waals surface area contributed by atoms with Gasteiger partial charge in [0.1, 0.15) is 10.9 Å². The third-order valence-electron chi connectivity index (χ3n) is 7.02. The zero-order valence-corrected chi connectivity index (χ0v) is 23.0. The second-order valence-corrected chi connectivity index (χ2v) is 12.1. The molecule has 2 aliphatic rings. The molecule has 0 unspecified atom stereocenters. The quantitative estimate of drug-likeness (QED) is 0.286. The maximum absolute atomic E-state index is 13.6. The Kier molecular flexibility index (Phi) is 10.7. The highest BCUT2D eigenvalue weighted by Gasteiger charge is 2.42. The zero-order valence-electron chi connectivity index (χ0n) is 22.2. The first-order chi connectivity index (χ1) is 17.5. The van der Waals surface area contributed by atoms with Crippen molar-refractivity contribution < 1.29 is 31.5 Å². The summed E-state index contributed by atoms with van der Waals surface area (Å²) in [5.41, 5.74) is 0.619. The van der Waals surface area contributed by atoms with Gasteiger partial charge in [-0.25, -0.2) is 22.2 Å². The summed E-state index contributed by atoms with van der Waals surface area (Å²) < 4.78 is 66.4. The fourth-order valence-corrected chi connectivity index (χ4v) is 6.50. The van der Waals surface area contributed by atoms with Crippen molar-refractivity contribution in [2.24, 2.45) is 0 Å². The fraction of sp³-hybridized carbons (Fsp3) is 0.769. The van der Waals surface area contributed by atoms with E-state index in [-0.39, 0.29) is 48.9 Å². The van der Waals surface area contributed by atoms with E-state index in [2.05, 4.69) is 10.3 Å². The molecule has 1 N–H and O–H groups in total. The van der Waals surface area contributed by atoms with Crippen LogP contribution < -0.4 is 10.1 Å². The lowest BCUT2D eigenvalue weighted by Crippen LogP contribution is -2.41. The number of hydrogen-bond acceptors (Lipinski definition) is 7. The number of alkyl halides is 2. The molecule has 1 aromatic heterocycles. The molecular weight excluding hydrogens is 504 g/mol. The zero-order chi connectivity index (χ0) is 27.1.